The van der Waals surface area contributed by atoms with Gasteiger partial charge in [-0.25, -0.2) is 9.78 Å². The van der Waals surface area contributed by atoms with E-state index < -0.39 is 5.60 Å². The summed E-state index contributed by atoms with van der Waals surface area (Å²) in [5.41, 5.74) is 1.12. The molecule has 0 radical (unpaired) electrons. The number of fused-ring (bicyclic) bond motifs is 1. The number of aromatic nitrogens is 1. The number of nitrogens with zero attached hydrogens (tertiary/aromatic N) is 3. The SMILES string of the molecule is CN(C(=O)OC(C)(C)C)C1CCN(C(=O)c2cnc3c(c2)CC(C)(C)N3)C1. The molecule has 2 amide bonds. The summed E-state index contributed by atoms with van der Waals surface area (Å²) in [5.74, 6) is 0.829. The quantitative estimate of drug-likeness (QED) is 0.861. The molecule has 3 rings (SSSR count). The van der Waals surface area contributed by atoms with E-state index in [-0.39, 0.29) is 23.6 Å². The summed E-state index contributed by atoms with van der Waals surface area (Å²) in [6.45, 7) is 10.9. The van der Waals surface area contributed by atoms with Crippen molar-refractivity contribution in [3.63, 3.8) is 0 Å². The normalized spacial score (nSPS) is 20.8. The number of nitrogens with one attached hydrogen (secondary N) is 1. The van der Waals surface area contributed by atoms with Crippen molar-refractivity contribution in [1.29, 1.82) is 0 Å². The highest BCUT2D eigenvalue weighted by Crippen LogP contribution is 2.31. The minimum atomic E-state index is -0.530. The number of pyridine rings is 1. The minimum absolute atomic E-state index is 0.0323. The summed E-state index contributed by atoms with van der Waals surface area (Å²) < 4.78 is 5.43. The molecule has 1 unspecified atom stereocenters. The van der Waals surface area contributed by atoms with Crippen molar-refractivity contribution in [2.24, 2.45) is 0 Å². The fourth-order valence-corrected chi connectivity index (χ4v) is 3.62. The molecule has 7 nitrogen and oxygen atoms in total. The van der Waals surface area contributed by atoms with Crippen molar-refractivity contribution in [3.05, 3.63) is 23.4 Å². The van der Waals surface area contributed by atoms with Crippen LogP contribution in [0.3, 0.4) is 0 Å². The second-order valence-corrected chi connectivity index (χ2v) is 9.20. The van der Waals surface area contributed by atoms with Gasteiger partial charge in [-0.3, -0.25) is 4.79 Å². The number of carbonyl (C=O) groups is 2. The van der Waals surface area contributed by atoms with Crippen molar-refractivity contribution in [2.75, 3.05) is 25.5 Å². The lowest BCUT2D eigenvalue weighted by atomic mass is 10.00. The Morgan fingerprint density at radius 3 is 2.74 bits per heavy atom. The van der Waals surface area contributed by atoms with E-state index in [4.69, 9.17) is 4.74 Å². The van der Waals surface area contributed by atoms with E-state index in [9.17, 15) is 9.59 Å². The lowest BCUT2D eigenvalue weighted by molar-refractivity contribution is 0.0226. The molecular weight excluding hydrogens is 344 g/mol. The molecule has 3 heterocycles. The van der Waals surface area contributed by atoms with Gasteiger partial charge in [-0.2, -0.15) is 0 Å². The third kappa shape index (κ3) is 4.34. The second-order valence-electron chi connectivity index (χ2n) is 9.20. The molecule has 0 spiro atoms. The maximum absolute atomic E-state index is 12.9. The summed E-state index contributed by atoms with van der Waals surface area (Å²) in [7, 11) is 1.73. The van der Waals surface area contributed by atoms with Gasteiger partial charge in [0.25, 0.3) is 5.91 Å². The first kappa shape index (κ1) is 19.5. The maximum atomic E-state index is 12.9. The Morgan fingerprint density at radius 1 is 1.37 bits per heavy atom. The van der Waals surface area contributed by atoms with E-state index in [0.29, 0.717) is 18.7 Å². The monoisotopic (exact) mass is 374 g/mol. The number of ether oxygens (including phenoxy) is 1. The molecule has 1 N–H and O–H groups in total. The Balaban J connectivity index is 1.64. The van der Waals surface area contributed by atoms with Crippen molar-refractivity contribution in [2.45, 2.75) is 64.6 Å². The Morgan fingerprint density at radius 2 is 2.07 bits per heavy atom. The molecule has 1 saturated heterocycles. The highest BCUT2D eigenvalue weighted by molar-refractivity contribution is 5.94. The number of carbonyl (C=O) groups excluding carboxylic acids is 2. The molecule has 2 aliphatic rings. The van der Waals surface area contributed by atoms with E-state index in [2.05, 4.69) is 24.1 Å². The maximum Gasteiger partial charge on any atom is 0.410 e. The van der Waals surface area contributed by atoms with Crippen molar-refractivity contribution in [1.82, 2.24) is 14.8 Å². The van der Waals surface area contributed by atoms with Crippen LogP contribution in [0.4, 0.5) is 10.6 Å². The molecule has 7 heteroatoms. The number of amides is 2. The summed E-state index contributed by atoms with van der Waals surface area (Å²) in [6.07, 6.45) is 2.88. The summed E-state index contributed by atoms with van der Waals surface area (Å²) in [6, 6.07) is 1.91. The zero-order valence-electron chi connectivity index (χ0n) is 17.1. The van der Waals surface area contributed by atoms with E-state index in [1.54, 1.807) is 23.0 Å². The molecule has 0 bridgehead atoms. The molecule has 1 atom stereocenters. The molecule has 148 valence electrons. The van der Waals surface area contributed by atoms with E-state index >= 15 is 0 Å². The Labute approximate surface area is 161 Å². The average Bonchev–Trinajstić information content (AvgIpc) is 3.13. The van der Waals surface area contributed by atoms with Gasteiger partial charge < -0.3 is 19.9 Å². The molecule has 1 fully saturated rings. The van der Waals surface area contributed by atoms with E-state index in [1.165, 1.54) is 0 Å². The molecular formula is C20H30N4O3. The first-order valence-electron chi connectivity index (χ1n) is 9.47. The third-order valence-corrected chi connectivity index (χ3v) is 4.98. The number of likely N-dealkylation sites (N-methyl/N-ethyl adjacent to an activating group) is 1. The van der Waals surface area contributed by atoms with Gasteiger partial charge in [-0.15, -0.1) is 0 Å². The third-order valence-electron chi connectivity index (χ3n) is 4.98. The summed E-state index contributed by atoms with van der Waals surface area (Å²) >= 11 is 0. The Kier molecular flexibility index (Phi) is 4.82. The van der Waals surface area contributed by atoms with Crippen molar-refractivity contribution < 1.29 is 14.3 Å². The highest BCUT2D eigenvalue weighted by Gasteiger charge is 2.34. The zero-order valence-corrected chi connectivity index (χ0v) is 17.1. The van der Waals surface area contributed by atoms with Crippen LogP contribution in [0.25, 0.3) is 0 Å². The number of rotatable bonds is 2. The van der Waals surface area contributed by atoms with Gasteiger partial charge in [-0.05, 0) is 59.1 Å². The van der Waals surface area contributed by atoms with Gasteiger partial charge in [0.2, 0.25) is 0 Å². The Bertz CT molecular complexity index is 754. The fourth-order valence-electron chi connectivity index (χ4n) is 3.62. The van der Waals surface area contributed by atoms with E-state index in [1.807, 2.05) is 26.8 Å². The highest BCUT2D eigenvalue weighted by atomic mass is 16.6. The van der Waals surface area contributed by atoms with Gasteiger partial charge in [0.05, 0.1) is 11.6 Å². The molecule has 0 saturated carbocycles. The van der Waals surface area contributed by atoms with Crippen LogP contribution in [0.1, 0.15) is 57.0 Å². The molecule has 0 aromatic carbocycles. The average molecular weight is 374 g/mol. The number of hydrogen-bond donors (Lipinski definition) is 1. The molecule has 2 aliphatic heterocycles. The van der Waals surface area contributed by atoms with Crippen LogP contribution in [0, 0.1) is 0 Å². The van der Waals surface area contributed by atoms with Crippen LogP contribution in [-0.4, -0.2) is 64.1 Å². The zero-order chi connectivity index (χ0) is 20.0. The number of likely N-dealkylation sites (tertiary alicyclic amines) is 1. The van der Waals surface area contributed by atoms with Gasteiger partial charge in [0.1, 0.15) is 11.4 Å². The first-order valence-corrected chi connectivity index (χ1v) is 9.47. The van der Waals surface area contributed by atoms with Crippen LogP contribution in [0.2, 0.25) is 0 Å². The number of anilines is 1. The summed E-state index contributed by atoms with van der Waals surface area (Å²) in [5, 5.41) is 3.37. The molecule has 27 heavy (non-hydrogen) atoms. The largest absolute Gasteiger partial charge is 0.444 e. The number of hydrogen-bond acceptors (Lipinski definition) is 5. The molecule has 1 aromatic heterocycles. The van der Waals surface area contributed by atoms with Crippen LogP contribution >= 0.6 is 0 Å². The smallest absolute Gasteiger partial charge is 0.410 e. The predicted molar refractivity (Wildman–Crippen MR) is 104 cm³/mol. The van der Waals surface area contributed by atoms with Crippen LogP contribution in [0.15, 0.2) is 12.3 Å². The van der Waals surface area contributed by atoms with Gasteiger partial charge in [-0.1, -0.05) is 0 Å². The van der Waals surface area contributed by atoms with E-state index in [0.717, 1.165) is 24.2 Å². The summed E-state index contributed by atoms with van der Waals surface area (Å²) in [4.78, 5) is 33.0. The lowest BCUT2D eigenvalue weighted by Crippen LogP contribution is -2.42. The predicted octanol–water partition coefficient (Wildman–Crippen LogP) is 2.91. The van der Waals surface area contributed by atoms with Gasteiger partial charge in [0.15, 0.2) is 0 Å². The van der Waals surface area contributed by atoms with Gasteiger partial charge in [0, 0.05) is 31.9 Å². The van der Waals surface area contributed by atoms with Crippen LogP contribution in [0.5, 0.6) is 0 Å². The molecule has 0 aliphatic carbocycles. The van der Waals surface area contributed by atoms with Crippen LogP contribution in [-0.2, 0) is 11.2 Å². The van der Waals surface area contributed by atoms with Crippen molar-refractivity contribution >= 4 is 17.8 Å². The first-order chi connectivity index (χ1) is 12.5. The Hall–Kier alpha value is -2.31. The fraction of sp³-hybridized carbons (Fsp3) is 0.650. The second kappa shape index (κ2) is 6.69. The van der Waals surface area contributed by atoms with Crippen molar-refractivity contribution in [3.8, 4) is 0 Å². The lowest BCUT2D eigenvalue weighted by Gasteiger charge is -2.28. The van der Waals surface area contributed by atoms with Gasteiger partial charge >= 0.3 is 6.09 Å². The topological polar surface area (TPSA) is 74.8 Å². The van der Waals surface area contributed by atoms with Crippen LogP contribution < -0.4 is 5.32 Å². The minimum Gasteiger partial charge on any atom is -0.444 e. The molecule has 1 aromatic rings. The standard InChI is InChI=1S/C20H30N4O3/c1-19(2,3)27-18(26)23(6)15-7-8-24(12-15)17(25)14-9-13-10-20(4,5)22-16(13)21-11-14/h9,11,15H,7-8,10,12H2,1-6H3,(H,21,22).